The van der Waals surface area contributed by atoms with E-state index in [-0.39, 0.29) is 23.6 Å². The fraction of sp³-hybridized carbons (Fsp3) is 0.391. The fourth-order valence-electron chi connectivity index (χ4n) is 4.08. The summed E-state index contributed by atoms with van der Waals surface area (Å²) >= 11 is 0. The van der Waals surface area contributed by atoms with Crippen molar-refractivity contribution >= 4 is 23.2 Å². The molecule has 174 valence electrons. The molecule has 10 nitrogen and oxygen atoms in total. The highest BCUT2D eigenvalue weighted by molar-refractivity contribution is 5.91. The summed E-state index contributed by atoms with van der Waals surface area (Å²) in [5.41, 5.74) is 1.36. The number of benzene rings is 1. The first kappa shape index (κ1) is 22.4. The monoisotopic (exact) mass is 451 g/mol. The molecule has 1 unspecified atom stereocenters. The zero-order valence-corrected chi connectivity index (χ0v) is 19.1. The zero-order valence-electron chi connectivity index (χ0n) is 19.1. The van der Waals surface area contributed by atoms with Gasteiger partial charge in [0.2, 0.25) is 5.91 Å². The van der Waals surface area contributed by atoms with Crippen molar-refractivity contribution in [2.24, 2.45) is 7.05 Å². The quantitative estimate of drug-likeness (QED) is 0.484. The number of aromatic nitrogens is 4. The minimum absolute atomic E-state index is 0.166. The van der Waals surface area contributed by atoms with Gasteiger partial charge >= 0.3 is 5.69 Å². The van der Waals surface area contributed by atoms with Gasteiger partial charge in [0.1, 0.15) is 17.7 Å². The number of nitrogens with one attached hydrogen (secondary N) is 3. The molecule has 0 radical (unpaired) electrons. The van der Waals surface area contributed by atoms with Crippen LogP contribution in [0.1, 0.15) is 44.1 Å². The lowest BCUT2D eigenvalue weighted by atomic mass is 10.1. The Kier molecular flexibility index (Phi) is 6.34. The van der Waals surface area contributed by atoms with E-state index in [1.54, 1.807) is 22.4 Å². The second kappa shape index (κ2) is 9.35. The van der Waals surface area contributed by atoms with E-state index in [9.17, 15) is 14.4 Å². The number of amides is 1. The van der Waals surface area contributed by atoms with Crippen molar-refractivity contribution in [3.05, 3.63) is 68.5 Å². The summed E-state index contributed by atoms with van der Waals surface area (Å²) in [4.78, 5) is 38.3. The number of anilines is 3. The second-order valence-electron chi connectivity index (χ2n) is 8.12. The molecule has 33 heavy (non-hydrogen) atoms. The topological polar surface area (TPSA) is 115 Å². The highest BCUT2D eigenvalue weighted by Gasteiger charge is 2.31. The van der Waals surface area contributed by atoms with Gasteiger partial charge in [-0.15, -0.1) is 0 Å². The zero-order chi connectivity index (χ0) is 23.5. The number of rotatable bonds is 8. The first-order valence-electron chi connectivity index (χ1n) is 11.2. The van der Waals surface area contributed by atoms with Crippen molar-refractivity contribution in [3.63, 3.8) is 0 Å². The summed E-state index contributed by atoms with van der Waals surface area (Å²) in [7, 11) is 1.77. The van der Waals surface area contributed by atoms with E-state index >= 15 is 0 Å². The Morgan fingerprint density at radius 3 is 2.45 bits per heavy atom. The molecule has 0 bridgehead atoms. The Balaban J connectivity index is 1.58. The van der Waals surface area contributed by atoms with Gasteiger partial charge in [-0.2, -0.15) is 5.10 Å². The number of carbonyl (C=O) groups excluding carboxylic acids is 1. The summed E-state index contributed by atoms with van der Waals surface area (Å²) in [6.45, 7) is 4.78. The molecule has 0 spiro atoms. The highest BCUT2D eigenvalue weighted by atomic mass is 16.2. The van der Waals surface area contributed by atoms with E-state index in [4.69, 9.17) is 0 Å². The molecular formula is C23H29N7O3. The number of hydrogen-bond acceptors (Lipinski definition) is 6. The van der Waals surface area contributed by atoms with Crippen LogP contribution in [0.25, 0.3) is 0 Å². The van der Waals surface area contributed by atoms with Gasteiger partial charge in [0.05, 0.1) is 12.1 Å². The Labute approximate surface area is 191 Å². The second-order valence-corrected chi connectivity index (χ2v) is 8.12. The van der Waals surface area contributed by atoms with Gasteiger partial charge in [0.25, 0.3) is 5.56 Å². The van der Waals surface area contributed by atoms with E-state index < -0.39 is 6.17 Å². The molecule has 3 N–H and O–H groups in total. The number of hydrogen-bond donors (Lipinski definition) is 3. The van der Waals surface area contributed by atoms with Gasteiger partial charge in [0, 0.05) is 26.2 Å². The van der Waals surface area contributed by atoms with Gasteiger partial charge in [-0.05, 0) is 18.4 Å². The van der Waals surface area contributed by atoms with Crippen LogP contribution in [-0.4, -0.2) is 24.8 Å². The molecule has 3 aromatic rings. The molecule has 1 aliphatic rings. The van der Waals surface area contributed by atoms with Crippen LogP contribution in [0.3, 0.4) is 0 Å². The molecule has 0 fully saturated rings. The molecule has 1 amide bonds. The van der Waals surface area contributed by atoms with E-state index in [1.165, 1.54) is 4.57 Å². The van der Waals surface area contributed by atoms with E-state index in [0.717, 1.165) is 17.7 Å². The van der Waals surface area contributed by atoms with Crippen molar-refractivity contribution in [1.29, 1.82) is 0 Å². The van der Waals surface area contributed by atoms with Gasteiger partial charge in [-0.1, -0.05) is 44.2 Å². The third-order valence-corrected chi connectivity index (χ3v) is 5.58. The summed E-state index contributed by atoms with van der Waals surface area (Å²) in [5, 5.41) is 13.7. The van der Waals surface area contributed by atoms with Crippen molar-refractivity contribution in [3.8, 4) is 0 Å². The first-order chi connectivity index (χ1) is 15.9. The van der Waals surface area contributed by atoms with Gasteiger partial charge in [-0.25, -0.2) is 4.79 Å². The largest absolute Gasteiger partial charge is 0.353 e. The van der Waals surface area contributed by atoms with Crippen LogP contribution in [0, 0.1) is 0 Å². The molecule has 1 aliphatic heterocycles. The molecule has 0 aliphatic carbocycles. The standard InChI is InChI=1S/C23H29N7O3/c1-4-11-29-21-19(22(32)30(12-5-2)23(29)33)25-20(26-21)16-14-17(27-28(16)3)24-18(31)13-15-9-7-6-8-10-15/h6-10,14,20,25-26H,4-5,11-13H2,1-3H3,(H,24,27,31). The molecule has 2 aromatic heterocycles. The molecule has 10 heteroatoms. The molecule has 1 atom stereocenters. The number of fused-ring (bicyclic) bond motifs is 1. The van der Waals surface area contributed by atoms with Crippen LogP contribution in [0.4, 0.5) is 17.3 Å². The summed E-state index contributed by atoms with van der Waals surface area (Å²) in [6, 6.07) is 11.2. The Bertz CT molecular complexity index is 1270. The molecule has 1 aromatic carbocycles. The van der Waals surface area contributed by atoms with E-state index in [1.807, 2.05) is 44.2 Å². The van der Waals surface area contributed by atoms with E-state index in [2.05, 4.69) is 21.0 Å². The Morgan fingerprint density at radius 1 is 1.06 bits per heavy atom. The van der Waals surface area contributed by atoms with Crippen molar-refractivity contribution < 1.29 is 4.79 Å². The maximum Gasteiger partial charge on any atom is 0.332 e. The molecular weight excluding hydrogens is 422 g/mol. The molecule has 4 rings (SSSR count). The van der Waals surface area contributed by atoms with Crippen molar-refractivity contribution in [2.45, 2.75) is 52.4 Å². The number of aryl methyl sites for hydroxylation is 1. The lowest BCUT2D eigenvalue weighted by molar-refractivity contribution is -0.115. The summed E-state index contributed by atoms with van der Waals surface area (Å²) in [5.74, 6) is 0.739. The highest BCUT2D eigenvalue weighted by Crippen LogP contribution is 2.32. The minimum atomic E-state index is -0.468. The first-order valence-corrected chi connectivity index (χ1v) is 11.2. The number of nitrogens with zero attached hydrogens (tertiary/aromatic N) is 4. The van der Waals surface area contributed by atoms with Crippen LogP contribution in [-0.2, 0) is 31.4 Å². The molecule has 0 saturated heterocycles. The maximum atomic E-state index is 13.0. The lowest BCUT2D eigenvalue weighted by Gasteiger charge is -2.14. The summed E-state index contributed by atoms with van der Waals surface area (Å²) < 4.78 is 4.53. The smallest absolute Gasteiger partial charge is 0.332 e. The van der Waals surface area contributed by atoms with E-state index in [0.29, 0.717) is 36.8 Å². The minimum Gasteiger partial charge on any atom is -0.353 e. The normalized spacial score (nSPS) is 14.5. The average Bonchev–Trinajstić information content (AvgIpc) is 3.38. The summed E-state index contributed by atoms with van der Waals surface area (Å²) in [6.07, 6.45) is 1.22. The van der Waals surface area contributed by atoms with Crippen LogP contribution in [0.5, 0.6) is 0 Å². The van der Waals surface area contributed by atoms with Crippen LogP contribution in [0.15, 0.2) is 46.0 Å². The van der Waals surface area contributed by atoms with Crippen molar-refractivity contribution in [1.82, 2.24) is 18.9 Å². The van der Waals surface area contributed by atoms with Crippen LogP contribution < -0.4 is 27.2 Å². The fourth-order valence-corrected chi connectivity index (χ4v) is 4.08. The number of carbonyl (C=O) groups is 1. The maximum absolute atomic E-state index is 13.0. The van der Waals surface area contributed by atoms with Crippen LogP contribution >= 0.6 is 0 Å². The van der Waals surface area contributed by atoms with Gasteiger partial charge < -0.3 is 16.0 Å². The van der Waals surface area contributed by atoms with Gasteiger partial charge in [0.15, 0.2) is 5.82 Å². The Morgan fingerprint density at radius 2 is 1.76 bits per heavy atom. The third-order valence-electron chi connectivity index (χ3n) is 5.58. The van der Waals surface area contributed by atoms with Crippen LogP contribution in [0.2, 0.25) is 0 Å². The predicted octanol–water partition coefficient (Wildman–Crippen LogP) is 2.28. The average molecular weight is 452 g/mol. The predicted molar refractivity (Wildman–Crippen MR) is 128 cm³/mol. The molecule has 3 heterocycles. The third kappa shape index (κ3) is 4.41. The van der Waals surface area contributed by atoms with Gasteiger partial charge in [-0.3, -0.25) is 23.4 Å². The Hall–Kier alpha value is -3.82. The van der Waals surface area contributed by atoms with Crippen molar-refractivity contribution in [2.75, 3.05) is 16.0 Å². The molecule has 0 saturated carbocycles. The lowest BCUT2D eigenvalue weighted by Crippen LogP contribution is -2.40. The SMILES string of the molecule is CCCn1c2c(c(=O)n(CCC)c1=O)NC(c1cc(NC(=O)Cc3ccccc3)nn1C)N2.